The second-order valence-electron chi connectivity index (χ2n) is 6.91. The number of Topliss-reactive ketones (excluding diaryl/α,β-unsaturated/α-hetero) is 1. The number of ether oxygens (including phenoxy) is 2. The van der Waals surface area contributed by atoms with Crippen molar-refractivity contribution in [2.45, 2.75) is 31.7 Å². The lowest BCUT2D eigenvalue weighted by Crippen LogP contribution is -2.42. The molecule has 1 amide bonds. The maximum absolute atomic E-state index is 13.2. The summed E-state index contributed by atoms with van der Waals surface area (Å²) in [5, 5.41) is 20.6. The Hall–Kier alpha value is -3.09. The van der Waals surface area contributed by atoms with Gasteiger partial charge >= 0.3 is 13.5 Å². The van der Waals surface area contributed by atoms with Crippen molar-refractivity contribution in [1.82, 2.24) is 5.32 Å². The average molecular weight is 469 g/mol. The molecule has 178 valence electrons. The summed E-state index contributed by atoms with van der Waals surface area (Å²) in [6.07, 6.45) is -6.74. The SMILES string of the molecule is COc1ccc(C(=O)CCC(=O)N[C@@H](Cc2ccc(OC)c(C(F)(F)F)c2)OB(O)O)cc1. The molecule has 0 saturated carbocycles. The lowest BCUT2D eigenvalue weighted by atomic mass is 10.0. The van der Waals surface area contributed by atoms with Crippen molar-refractivity contribution in [3.63, 3.8) is 0 Å². The zero-order chi connectivity index (χ0) is 24.6. The Labute approximate surface area is 188 Å². The summed E-state index contributed by atoms with van der Waals surface area (Å²) in [5.41, 5.74) is -0.550. The molecule has 8 nitrogen and oxygen atoms in total. The molecule has 2 rings (SSSR count). The molecule has 2 aromatic rings. The van der Waals surface area contributed by atoms with Crippen LogP contribution < -0.4 is 14.8 Å². The molecule has 0 aliphatic carbocycles. The highest BCUT2D eigenvalue weighted by Crippen LogP contribution is 2.36. The van der Waals surface area contributed by atoms with E-state index in [9.17, 15) is 22.8 Å². The Morgan fingerprint density at radius 1 is 1.03 bits per heavy atom. The molecule has 0 heterocycles. The van der Waals surface area contributed by atoms with Crippen molar-refractivity contribution >= 4 is 19.0 Å². The summed E-state index contributed by atoms with van der Waals surface area (Å²) in [4.78, 5) is 24.5. The fourth-order valence-electron chi connectivity index (χ4n) is 3.00. The van der Waals surface area contributed by atoms with E-state index in [2.05, 4.69) is 5.32 Å². The van der Waals surface area contributed by atoms with Crippen LogP contribution in [0.4, 0.5) is 13.2 Å². The number of amides is 1. The van der Waals surface area contributed by atoms with Crippen LogP contribution in [0.15, 0.2) is 42.5 Å². The normalized spacial score (nSPS) is 12.1. The Morgan fingerprint density at radius 2 is 1.70 bits per heavy atom. The molecule has 12 heteroatoms. The van der Waals surface area contributed by atoms with E-state index in [1.54, 1.807) is 24.3 Å². The molecule has 0 spiro atoms. The smallest absolute Gasteiger partial charge is 0.497 e. The van der Waals surface area contributed by atoms with E-state index < -0.39 is 31.2 Å². The fraction of sp³-hybridized carbons (Fsp3) is 0.333. The van der Waals surface area contributed by atoms with E-state index in [0.717, 1.165) is 19.2 Å². The Balaban J connectivity index is 2.03. The third kappa shape index (κ3) is 8.08. The summed E-state index contributed by atoms with van der Waals surface area (Å²) < 4.78 is 54.2. The van der Waals surface area contributed by atoms with Crippen LogP contribution in [0.25, 0.3) is 0 Å². The number of rotatable bonds is 11. The molecule has 1 atom stereocenters. The lowest BCUT2D eigenvalue weighted by molar-refractivity contribution is -0.138. The van der Waals surface area contributed by atoms with Crippen LogP contribution in [0.5, 0.6) is 11.5 Å². The molecular formula is C21H23BF3NO7. The van der Waals surface area contributed by atoms with Gasteiger partial charge in [-0.1, -0.05) is 6.07 Å². The predicted octanol–water partition coefficient (Wildman–Crippen LogP) is 2.36. The number of halogens is 3. The standard InChI is InChI=1S/C21H23BF3NO7/c1-31-15-6-4-14(5-7-15)17(27)8-10-19(28)26-20(33-22(29)30)12-13-3-9-18(32-2)16(11-13)21(23,24)25/h3-7,9,11,20,29-30H,8,10,12H2,1-2H3,(H,26,28)/t20-/m1/s1. The minimum absolute atomic E-state index is 0.100. The van der Waals surface area contributed by atoms with Crippen LogP contribution >= 0.6 is 0 Å². The topological polar surface area (TPSA) is 114 Å². The molecule has 0 fully saturated rings. The minimum Gasteiger partial charge on any atom is -0.497 e. The fourth-order valence-corrected chi connectivity index (χ4v) is 3.00. The number of ketones is 1. The third-order valence-electron chi connectivity index (χ3n) is 4.59. The maximum Gasteiger partial charge on any atom is 0.635 e. The lowest BCUT2D eigenvalue weighted by Gasteiger charge is -2.20. The molecular weight excluding hydrogens is 446 g/mol. The first-order chi connectivity index (χ1) is 15.5. The predicted molar refractivity (Wildman–Crippen MR) is 111 cm³/mol. The van der Waals surface area contributed by atoms with Crippen LogP contribution in [0.3, 0.4) is 0 Å². The number of methoxy groups -OCH3 is 2. The molecule has 0 aromatic heterocycles. The number of nitrogens with one attached hydrogen (secondary N) is 1. The van der Waals surface area contributed by atoms with E-state index in [-0.39, 0.29) is 36.4 Å². The quantitative estimate of drug-likeness (QED) is 0.263. The van der Waals surface area contributed by atoms with Gasteiger partial charge in [-0.15, -0.1) is 0 Å². The van der Waals surface area contributed by atoms with Gasteiger partial charge in [0.25, 0.3) is 0 Å². The van der Waals surface area contributed by atoms with E-state index >= 15 is 0 Å². The summed E-state index contributed by atoms with van der Waals surface area (Å²) in [6, 6.07) is 9.56. The first kappa shape index (κ1) is 26.2. The van der Waals surface area contributed by atoms with Gasteiger partial charge in [-0.05, 0) is 42.0 Å². The van der Waals surface area contributed by atoms with Crippen molar-refractivity contribution in [3.05, 3.63) is 59.2 Å². The summed E-state index contributed by atoms with van der Waals surface area (Å²) in [6.45, 7) is 0. The first-order valence-electron chi connectivity index (χ1n) is 9.75. The van der Waals surface area contributed by atoms with Gasteiger partial charge < -0.3 is 29.5 Å². The number of hydrogen-bond acceptors (Lipinski definition) is 7. The van der Waals surface area contributed by atoms with Crippen LogP contribution in [0.2, 0.25) is 0 Å². The van der Waals surface area contributed by atoms with Crippen molar-refractivity contribution in [2.75, 3.05) is 14.2 Å². The highest BCUT2D eigenvalue weighted by Gasteiger charge is 2.35. The van der Waals surface area contributed by atoms with Crippen molar-refractivity contribution in [2.24, 2.45) is 0 Å². The number of hydrogen-bond donors (Lipinski definition) is 3. The minimum atomic E-state index is -4.68. The number of benzene rings is 2. The van der Waals surface area contributed by atoms with Gasteiger partial charge in [0.1, 0.15) is 17.7 Å². The molecule has 0 radical (unpaired) electrons. The summed E-state index contributed by atoms with van der Waals surface area (Å²) >= 11 is 0. The van der Waals surface area contributed by atoms with Gasteiger partial charge in [0.15, 0.2) is 5.78 Å². The van der Waals surface area contributed by atoms with Gasteiger partial charge in [0, 0.05) is 24.8 Å². The van der Waals surface area contributed by atoms with E-state index in [1.165, 1.54) is 13.2 Å². The number of alkyl halides is 3. The molecule has 0 aliphatic rings. The van der Waals surface area contributed by atoms with Crippen LogP contribution in [-0.2, 0) is 22.0 Å². The highest BCUT2D eigenvalue weighted by atomic mass is 19.4. The maximum atomic E-state index is 13.2. The molecule has 2 aromatic carbocycles. The average Bonchev–Trinajstić information content (AvgIpc) is 2.76. The molecule has 0 unspecified atom stereocenters. The zero-order valence-electron chi connectivity index (χ0n) is 17.9. The monoisotopic (exact) mass is 469 g/mol. The Kier molecular flexibility index (Phi) is 9.27. The zero-order valence-corrected chi connectivity index (χ0v) is 17.9. The number of carbonyl (C=O) groups excluding carboxylic acids is 2. The van der Waals surface area contributed by atoms with Gasteiger partial charge in [-0.25, -0.2) is 0 Å². The van der Waals surface area contributed by atoms with Gasteiger partial charge in [0.05, 0.1) is 19.8 Å². The molecule has 3 N–H and O–H groups in total. The molecule has 0 aliphatic heterocycles. The van der Waals surface area contributed by atoms with Crippen molar-refractivity contribution in [3.8, 4) is 11.5 Å². The highest BCUT2D eigenvalue weighted by molar-refractivity contribution is 6.32. The molecule has 0 saturated heterocycles. The second kappa shape index (κ2) is 11.7. The summed E-state index contributed by atoms with van der Waals surface area (Å²) in [5.74, 6) is -0.782. The van der Waals surface area contributed by atoms with Crippen LogP contribution in [-0.4, -0.2) is 49.5 Å². The Bertz CT molecular complexity index is 952. The van der Waals surface area contributed by atoms with Crippen molar-refractivity contribution < 1.29 is 46.9 Å². The molecule has 0 bridgehead atoms. The first-order valence-corrected chi connectivity index (χ1v) is 9.75. The van der Waals surface area contributed by atoms with Crippen molar-refractivity contribution in [1.29, 1.82) is 0 Å². The summed E-state index contributed by atoms with van der Waals surface area (Å²) in [7, 11) is 0.307. The number of carbonyl (C=O) groups is 2. The largest absolute Gasteiger partial charge is 0.635 e. The second-order valence-corrected chi connectivity index (χ2v) is 6.91. The van der Waals surface area contributed by atoms with E-state index in [1.807, 2.05) is 0 Å². The van der Waals surface area contributed by atoms with Crippen LogP contribution in [0, 0.1) is 0 Å². The van der Waals surface area contributed by atoms with Crippen LogP contribution in [0.1, 0.15) is 34.3 Å². The van der Waals surface area contributed by atoms with E-state index in [4.69, 9.17) is 24.2 Å². The van der Waals surface area contributed by atoms with E-state index in [0.29, 0.717) is 11.3 Å². The Morgan fingerprint density at radius 3 is 2.24 bits per heavy atom. The van der Waals surface area contributed by atoms with Gasteiger partial charge in [-0.2, -0.15) is 13.2 Å². The third-order valence-corrected chi connectivity index (χ3v) is 4.59. The molecule has 33 heavy (non-hydrogen) atoms. The van der Waals surface area contributed by atoms with Gasteiger partial charge in [-0.3, -0.25) is 9.59 Å². The van der Waals surface area contributed by atoms with Gasteiger partial charge in [0.2, 0.25) is 5.91 Å².